The van der Waals surface area contributed by atoms with Crippen molar-refractivity contribution in [3.05, 3.63) is 65.5 Å². The lowest BCUT2D eigenvalue weighted by molar-refractivity contribution is -0.137. The summed E-state index contributed by atoms with van der Waals surface area (Å²) in [7, 11) is 0. The van der Waals surface area contributed by atoms with E-state index in [2.05, 4.69) is 5.32 Å². The van der Waals surface area contributed by atoms with Crippen LogP contribution in [0.4, 0.5) is 17.6 Å². The second kappa shape index (κ2) is 8.08. The lowest BCUT2D eigenvalue weighted by Gasteiger charge is -2.28. The van der Waals surface area contributed by atoms with E-state index in [1.54, 1.807) is 18.2 Å². The van der Waals surface area contributed by atoms with Crippen LogP contribution >= 0.6 is 0 Å². The third-order valence-electron chi connectivity index (χ3n) is 4.72. The average Bonchev–Trinajstić information content (AvgIpc) is 2.62. The van der Waals surface area contributed by atoms with Crippen molar-refractivity contribution in [1.82, 2.24) is 5.32 Å². The molecule has 0 radical (unpaired) electrons. The lowest BCUT2D eigenvalue weighted by Crippen LogP contribution is -2.29. The predicted octanol–water partition coefficient (Wildman–Crippen LogP) is 5.35. The molecule has 0 bridgehead atoms. The third-order valence-corrected chi connectivity index (χ3v) is 4.72. The Hall–Kier alpha value is -2.08. The van der Waals surface area contributed by atoms with E-state index in [0.29, 0.717) is 23.7 Å². The van der Waals surface area contributed by atoms with Gasteiger partial charge in [-0.05, 0) is 68.6 Å². The first-order chi connectivity index (χ1) is 12.4. The second-order valence-corrected chi connectivity index (χ2v) is 6.58. The molecule has 0 aliphatic carbocycles. The molecule has 1 heterocycles. The Morgan fingerprint density at radius 2 is 1.65 bits per heavy atom. The van der Waals surface area contributed by atoms with E-state index in [-0.39, 0.29) is 5.82 Å². The second-order valence-electron chi connectivity index (χ2n) is 6.58. The third kappa shape index (κ3) is 4.75. The number of hydrogen-bond donors (Lipinski definition) is 1. The van der Waals surface area contributed by atoms with Crippen molar-refractivity contribution in [1.29, 1.82) is 0 Å². The smallest absolute Gasteiger partial charge is 0.416 e. The van der Waals surface area contributed by atoms with Crippen molar-refractivity contribution < 1.29 is 22.3 Å². The summed E-state index contributed by atoms with van der Waals surface area (Å²) in [5, 5.41) is 3.29. The molecule has 3 rings (SSSR count). The maximum atomic E-state index is 14.3. The van der Waals surface area contributed by atoms with Gasteiger partial charge in [-0.3, -0.25) is 0 Å². The molecule has 26 heavy (non-hydrogen) atoms. The number of rotatable bonds is 5. The van der Waals surface area contributed by atoms with E-state index in [4.69, 9.17) is 4.74 Å². The first-order valence-electron chi connectivity index (χ1n) is 8.72. The minimum atomic E-state index is -4.39. The summed E-state index contributed by atoms with van der Waals surface area (Å²) in [6.07, 6.45) is -2.35. The van der Waals surface area contributed by atoms with Gasteiger partial charge < -0.3 is 10.1 Å². The van der Waals surface area contributed by atoms with Crippen LogP contribution in [0.5, 0.6) is 5.75 Å². The molecule has 1 fully saturated rings. The molecular weight excluding hydrogens is 346 g/mol. The molecule has 0 aromatic heterocycles. The summed E-state index contributed by atoms with van der Waals surface area (Å²) < 4.78 is 58.3. The predicted molar refractivity (Wildman–Crippen MR) is 91.4 cm³/mol. The van der Waals surface area contributed by atoms with Gasteiger partial charge in [0.1, 0.15) is 17.7 Å². The highest BCUT2D eigenvalue weighted by molar-refractivity contribution is 5.30. The lowest BCUT2D eigenvalue weighted by atomic mass is 9.89. The standard InChI is InChI=1S/C20H21F4NO/c21-18-4-2-1-3-17(18)19(13-14-9-11-25-12-10-14)26-16-7-5-15(6-8-16)20(22,23)24/h1-8,14,19,25H,9-13H2. The van der Waals surface area contributed by atoms with Crippen molar-refractivity contribution in [2.75, 3.05) is 13.1 Å². The number of benzene rings is 2. The number of halogens is 4. The molecule has 1 atom stereocenters. The van der Waals surface area contributed by atoms with Crippen molar-refractivity contribution in [2.24, 2.45) is 5.92 Å². The zero-order chi connectivity index (χ0) is 18.6. The van der Waals surface area contributed by atoms with Gasteiger partial charge in [0.05, 0.1) is 5.56 Å². The summed E-state index contributed by atoms with van der Waals surface area (Å²) in [5.74, 6) is 0.328. The van der Waals surface area contributed by atoms with E-state index in [0.717, 1.165) is 38.1 Å². The Kier molecular flexibility index (Phi) is 5.81. The topological polar surface area (TPSA) is 21.3 Å². The van der Waals surface area contributed by atoms with Crippen LogP contribution in [0.1, 0.15) is 36.5 Å². The molecule has 1 saturated heterocycles. The normalized spacial score (nSPS) is 17.1. The van der Waals surface area contributed by atoms with Crippen molar-refractivity contribution in [3.8, 4) is 5.75 Å². The molecule has 0 saturated carbocycles. The van der Waals surface area contributed by atoms with Crippen molar-refractivity contribution >= 4 is 0 Å². The zero-order valence-electron chi connectivity index (χ0n) is 14.2. The number of nitrogens with one attached hydrogen (secondary N) is 1. The maximum absolute atomic E-state index is 14.3. The fourth-order valence-corrected chi connectivity index (χ4v) is 3.28. The Bertz CT molecular complexity index is 708. The van der Waals surface area contributed by atoms with E-state index in [1.807, 2.05) is 0 Å². The SMILES string of the molecule is Fc1ccccc1C(CC1CCNCC1)Oc1ccc(C(F)(F)F)cc1. The Labute approximate surface area is 150 Å². The molecule has 140 valence electrons. The van der Waals surface area contributed by atoms with Gasteiger partial charge in [0.25, 0.3) is 0 Å². The number of alkyl halides is 3. The maximum Gasteiger partial charge on any atom is 0.416 e. The van der Waals surface area contributed by atoms with E-state index in [1.165, 1.54) is 18.2 Å². The summed E-state index contributed by atoms with van der Waals surface area (Å²) in [4.78, 5) is 0. The van der Waals surface area contributed by atoms with Gasteiger partial charge in [0, 0.05) is 5.56 Å². The fourth-order valence-electron chi connectivity index (χ4n) is 3.28. The van der Waals surface area contributed by atoms with Gasteiger partial charge >= 0.3 is 6.18 Å². The molecule has 6 heteroatoms. The molecule has 1 unspecified atom stereocenters. The van der Waals surface area contributed by atoms with Crippen molar-refractivity contribution in [2.45, 2.75) is 31.5 Å². The van der Waals surface area contributed by atoms with Gasteiger partial charge in [-0.2, -0.15) is 13.2 Å². The molecular formula is C20H21F4NO. The summed E-state index contributed by atoms with van der Waals surface area (Å²) >= 11 is 0. The largest absolute Gasteiger partial charge is 0.486 e. The van der Waals surface area contributed by atoms with Crippen LogP contribution in [0, 0.1) is 11.7 Å². The first kappa shape index (κ1) is 18.7. The highest BCUT2D eigenvalue weighted by atomic mass is 19.4. The minimum absolute atomic E-state index is 0.306. The average molecular weight is 367 g/mol. The molecule has 2 aromatic rings. The van der Waals surface area contributed by atoms with E-state index >= 15 is 0 Å². The number of ether oxygens (including phenoxy) is 1. The summed E-state index contributed by atoms with van der Waals surface area (Å²) in [5.41, 5.74) is -0.295. The molecule has 1 aliphatic rings. The summed E-state index contributed by atoms with van der Waals surface area (Å²) in [6, 6.07) is 10.9. The van der Waals surface area contributed by atoms with Crippen LogP contribution in [-0.4, -0.2) is 13.1 Å². The van der Waals surface area contributed by atoms with Gasteiger partial charge in [-0.15, -0.1) is 0 Å². The minimum Gasteiger partial charge on any atom is -0.486 e. The molecule has 1 N–H and O–H groups in total. The van der Waals surface area contributed by atoms with Crippen LogP contribution in [0.2, 0.25) is 0 Å². The van der Waals surface area contributed by atoms with Crippen LogP contribution in [-0.2, 0) is 6.18 Å². The van der Waals surface area contributed by atoms with E-state index < -0.39 is 17.8 Å². The Morgan fingerprint density at radius 1 is 1.00 bits per heavy atom. The fraction of sp³-hybridized carbons (Fsp3) is 0.400. The van der Waals surface area contributed by atoms with Crippen LogP contribution in [0.15, 0.2) is 48.5 Å². The van der Waals surface area contributed by atoms with Crippen molar-refractivity contribution in [3.63, 3.8) is 0 Å². The van der Waals surface area contributed by atoms with Crippen LogP contribution in [0.25, 0.3) is 0 Å². The molecule has 0 amide bonds. The zero-order valence-corrected chi connectivity index (χ0v) is 14.2. The monoisotopic (exact) mass is 367 g/mol. The Balaban J connectivity index is 1.80. The van der Waals surface area contributed by atoms with Gasteiger partial charge in [-0.25, -0.2) is 4.39 Å². The molecule has 1 aliphatic heterocycles. The Morgan fingerprint density at radius 3 is 2.27 bits per heavy atom. The quantitative estimate of drug-likeness (QED) is 0.719. The summed E-state index contributed by atoms with van der Waals surface area (Å²) in [6.45, 7) is 1.82. The molecule has 0 spiro atoms. The molecule has 2 aromatic carbocycles. The highest BCUT2D eigenvalue weighted by Gasteiger charge is 2.30. The van der Waals surface area contributed by atoms with Gasteiger partial charge in [0.2, 0.25) is 0 Å². The van der Waals surface area contributed by atoms with Gasteiger partial charge in [0.15, 0.2) is 0 Å². The number of piperidine rings is 1. The first-order valence-corrected chi connectivity index (χ1v) is 8.72. The van der Waals surface area contributed by atoms with Crippen LogP contribution in [0.3, 0.4) is 0 Å². The van der Waals surface area contributed by atoms with Gasteiger partial charge in [-0.1, -0.05) is 18.2 Å². The van der Waals surface area contributed by atoms with Crippen LogP contribution < -0.4 is 10.1 Å². The molecule has 2 nitrogen and oxygen atoms in total. The highest BCUT2D eigenvalue weighted by Crippen LogP contribution is 2.34. The van der Waals surface area contributed by atoms with E-state index in [9.17, 15) is 17.6 Å². The number of hydrogen-bond acceptors (Lipinski definition) is 2.